The second-order valence-corrected chi connectivity index (χ2v) is 12.9. The van der Waals surface area contributed by atoms with Gasteiger partial charge in [-0.15, -0.1) is 0 Å². The van der Waals surface area contributed by atoms with Crippen LogP contribution in [0, 0.1) is 17.8 Å². The van der Waals surface area contributed by atoms with Crippen LogP contribution < -0.4 is 0 Å². The Kier molecular flexibility index (Phi) is 9.69. The number of imide groups is 1. The number of aromatic hydroxyl groups is 1. The van der Waals surface area contributed by atoms with E-state index in [4.69, 9.17) is 9.84 Å². The Morgan fingerprint density at radius 3 is 2.43 bits per heavy atom. The molecule has 3 aromatic rings. The number of amides is 2. The Morgan fingerprint density at radius 2 is 1.67 bits per heavy atom. The number of carbonyl (C=O) groups excluding carboxylic acids is 2. The van der Waals surface area contributed by atoms with Crippen LogP contribution in [0.4, 0.5) is 0 Å². The fraction of sp³-hybridized carbons (Fsp3) is 0.410. The van der Waals surface area contributed by atoms with Crippen molar-refractivity contribution in [3.05, 3.63) is 89.0 Å². The van der Waals surface area contributed by atoms with Crippen LogP contribution in [0.15, 0.2) is 77.9 Å². The molecule has 2 amide bonds. The lowest BCUT2D eigenvalue weighted by atomic mass is 9.68. The largest absolute Gasteiger partial charge is 0.507 e. The first-order valence-electron chi connectivity index (χ1n) is 16.7. The maximum absolute atomic E-state index is 13.7. The highest BCUT2D eigenvalue weighted by Crippen LogP contribution is 2.51. The molecular weight excluding hydrogens is 578 g/mol. The molecule has 1 aliphatic carbocycles. The van der Waals surface area contributed by atoms with E-state index in [1.807, 2.05) is 48.5 Å². The first-order valence-corrected chi connectivity index (χ1v) is 16.7. The quantitative estimate of drug-likeness (QED) is 0.0881. The smallest absolute Gasteiger partial charge is 0.303 e. The summed E-state index contributed by atoms with van der Waals surface area (Å²) < 4.78 is 6.51. The molecule has 2 fully saturated rings. The average Bonchev–Trinajstić information content (AvgIpc) is 3.59. The summed E-state index contributed by atoms with van der Waals surface area (Å²) in [5.74, 6) is -1.49. The molecule has 7 heteroatoms. The van der Waals surface area contributed by atoms with Gasteiger partial charge in [0.05, 0.1) is 24.5 Å². The van der Waals surface area contributed by atoms with Crippen LogP contribution in [0.1, 0.15) is 75.8 Å². The van der Waals surface area contributed by atoms with Crippen LogP contribution in [-0.4, -0.2) is 52.2 Å². The fourth-order valence-electron chi connectivity index (χ4n) is 7.88. The number of allylic oxidation sites excluding steroid dienone is 2. The van der Waals surface area contributed by atoms with Gasteiger partial charge in [-0.25, -0.2) is 0 Å². The number of carboxylic acid groups (broad SMARTS) is 1. The third-order valence-electron chi connectivity index (χ3n) is 10.0. The lowest BCUT2D eigenvalue weighted by molar-refractivity contribution is -0.141. The zero-order chi connectivity index (χ0) is 32.2. The molecule has 2 aliphatic heterocycles. The summed E-state index contributed by atoms with van der Waals surface area (Å²) in [6, 6.07) is 22.0. The van der Waals surface area contributed by atoms with E-state index in [0.717, 1.165) is 47.6 Å². The van der Waals surface area contributed by atoms with Gasteiger partial charge in [-0.1, -0.05) is 92.1 Å². The predicted octanol–water partition coefficient (Wildman–Crippen LogP) is 7.63. The molecule has 46 heavy (non-hydrogen) atoms. The van der Waals surface area contributed by atoms with Crippen molar-refractivity contribution in [2.45, 2.75) is 70.8 Å². The van der Waals surface area contributed by atoms with Crippen molar-refractivity contribution in [2.24, 2.45) is 17.8 Å². The van der Waals surface area contributed by atoms with E-state index in [-0.39, 0.29) is 47.8 Å². The third kappa shape index (κ3) is 6.38. The number of phenols is 1. The van der Waals surface area contributed by atoms with Crippen molar-refractivity contribution in [3.63, 3.8) is 0 Å². The van der Waals surface area contributed by atoms with Gasteiger partial charge >= 0.3 is 5.97 Å². The van der Waals surface area contributed by atoms with Crippen LogP contribution in [0.5, 0.6) is 5.75 Å². The molecule has 0 aromatic heterocycles. The van der Waals surface area contributed by atoms with Crippen LogP contribution in [-0.2, 0) is 19.1 Å². The van der Waals surface area contributed by atoms with Gasteiger partial charge in [0.25, 0.3) is 0 Å². The summed E-state index contributed by atoms with van der Waals surface area (Å²) in [6.45, 7) is 2.96. The molecule has 0 radical (unpaired) electrons. The van der Waals surface area contributed by atoms with Gasteiger partial charge in [0.1, 0.15) is 5.75 Å². The lowest BCUT2D eigenvalue weighted by Crippen LogP contribution is -2.34. The Morgan fingerprint density at radius 1 is 0.913 bits per heavy atom. The first-order chi connectivity index (χ1) is 22.4. The third-order valence-corrected chi connectivity index (χ3v) is 10.0. The van der Waals surface area contributed by atoms with Crippen LogP contribution >= 0.6 is 0 Å². The number of unbranched alkanes of at least 4 members (excludes halogenated alkanes) is 2. The minimum absolute atomic E-state index is 0.0697. The summed E-state index contributed by atoms with van der Waals surface area (Å²) >= 11 is 0. The fourth-order valence-corrected chi connectivity index (χ4v) is 7.88. The van der Waals surface area contributed by atoms with Gasteiger partial charge in [0, 0.05) is 24.3 Å². The molecule has 0 bridgehead atoms. The van der Waals surface area contributed by atoms with E-state index in [9.17, 15) is 19.5 Å². The molecule has 2 N–H and O–H groups in total. The monoisotopic (exact) mass is 621 g/mol. The summed E-state index contributed by atoms with van der Waals surface area (Å²) in [5, 5.41) is 21.2. The van der Waals surface area contributed by atoms with Crippen LogP contribution in [0.2, 0.25) is 0 Å². The van der Waals surface area contributed by atoms with Crippen molar-refractivity contribution < 1.29 is 29.3 Å². The molecular formula is C39H43NO6. The molecule has 0 unspecified atom stereocenters. The molecule has 7 nitrogen and oxygen atoms in total. The molecule has 3 aromatic carbocycles. The number of hydrogen-bond acceptors (Lipinski definition) is 5. The van der Waals surface area contributed by atoms with Crippen molar-refractivity contribution in [1.29, 1.82) is 0 Å². The number of ether oxygens (including phenoxy) is 1. The molecule has 6 rings (SSSR count). The molecule has 0 spiro atoms. The summed E-state index contributed by atoms with van der Waals surface area (Å²) in [4.78, 5) is 39.6. The molecule has 240 valence electrons. The lowest BCUT2D eigenvalue weighted by Gasteiger charge is -2.32. The van der Waals surface area contributed by atoms with E-state index in [2.05, 4.69) is 25.1 Å². The molecule has 4 atom stereocenters. The second-order valence-electron chi connectivity index (χ2n) is 12.9. The first kappa shape index (κ1) is 31.7. The number of carboxylic acids is 1. The molecule has 2 heterocycles. The topological polar surface area (TPSA) is 104 Å². The molecule has 0 saturated carbocycles. The van der Waals surface area contributed by atoms with E-state index in [0.29, 0.717) is 38.8 Å². The second kappa shape index (κ2) is 14.0. The Labute approximate surface area is 270 Å². The number of aliphatic carboxylic acids is 1. The van der Waals surface area contributed by atoms with E-state index < -0.39 is 5.97 Å². The SMILES string of the molecule is CCCC1=C2[C@@H](CC/C(=C/c3ccc(O)c4ccccc34)c3ccccc3)OC[C@@H]2[C@@H]2C(=O)N(CCCCCC(=O)O)C(=O)[C@@H]2C1. The normalized spacial score (nSPS) is 22.9. The molecule has 3 aliphatic rings. The zero-order valence-corrected chi connectivity index (χ0v) is 26.5. The highest BCUT2D eigenvalue weighted by Gasteiger charge is 2.56. The maximum Gasteiger partial charge on any atom is 0.303 e. The van der Waals surface area contributed by atoms with E-state index in [1.165, 1.54) is 21.6 Å². The van der Waals surface area contributed by atoms with Crippen molar-refractivity contribution in [3.8, 4) is 5.75 Å². The minimum atomic E-state index is -0.822. The highest BCUT2D eigenvalue weighted by atomic mass is 16.5. The van der Waals surface area contributed by atoms with E-state index in [1.54, 1.807) is 6.07 Å². The van der Waals surface area contributed by atoms with Gasteiger partial charge < -0.3 is 14.9 Å². The number of benzene rings is 3. The number of likely N-dealkylation sites (tertiary alicyclic amines) is 1. The number of hydrogen-bond donors (Lipinski definition) is 2. The summed E-state index contributed by atoms with van der Waals surface area (Å²) in [6.07, 6.45) is 8.08. The number of rotatable bonds is 13. The average molecular weight is 622 g/mol. The number of nitrogens with zero attached hydrogens (tertiary/aromatic N) is 1. The predicted molar refractivity (Wildman–Crippen MR) is 179 cm³/mol. The van der Waals surface area contributed by atoms with Gasteiger partial charge in [-0.3, -0.25) is 19.3 Å². The van der Waals surface area contributed by atoms with Crippen LogP contribution in [0.3, 0.4) is 0 Å². The highest BCUT2D eigenvalue weighted by molar-refractivity contribution is 6.06. The number of phenolic OH excluding ortho intramolecular Hbond substituents is 1. The Balaban J connectivity index is 1.23. The van der Waals surface area contributed by atoms with Crippen LogP contribution in [0.25, 0.3) is 22.4 Å². The van der Waals surface area contributed by atoms with E-state index >= 15 is 0 Å². The Hall–Kier alpha value is -4.23. The van der Waals surface area contributed by atoms with Gasteiger partial charge in [0.15, 0.2) is 0 Å². The number of carbonyl (C=O) groups is 3. The Bertz CT molecular complexity index is 1670. The summed E-state index contributed by atoms with van der Waals surface area (Å²) in [5.41, 5.74) is 5.89. The van der Waals surface area contributed by atoms with Gasteiger partial charge in [-0.05, 0) is 72.3 Å². The van der Waals surface area contributed by atoms with Crippen molar-refractivity contribution in [2.75, 3.05) is 13.2 Å². The molecule has 2 saturated heterocycles. The van der Waals surface area contributed by atoms with Gasteiger partial charge in [0.2, 0.25) is 11.8 Å². The summed E-state index contributed by atoms with van der Waals surface area (Å²) in [7, 11) is 0. The number of fused-ring (bicyclic) bond motifs is 4. The van der Waals surface area contributed by atoms with Crippen molar-refractivity contribution in [1.82, 2.24) is 4.90 Å². The zero-order valence-electron chi connectivity index (χ0n) is 26.5. The minimum Gasteiger partial charge on any atom is -0.507 e. The standard InChI is InChI=1S/C39H43NO6/c1-2-11-28-23-31-37(39(45)40(38(31)44)21-10-4-7-16-35(42)43)32-24-46-34(36(28)32)20-18-26(25-12-5-3-6-13-25)22-27-17-19-33(41)30-15-9-8-14-29(27)30/h3,5-6,8-9,12-15,17,19,22,31-32,34,37,41H,2,4,7,10-11,16,18,20-21,23-24H2,1H3,(H,42,43)/b26-22-/t31-,32+,34-,37-/m1/s1. The van der Waals surface area contributed by atoms with Crippen molar-refractivity contribution >= 4 is 40.2 Å². The van der Waals surface area contributed by atoms with Gasteiger partial charge in [-0.2, -0.15) is 0 Å². The maximum atomic E-state index is 13.7.